The van der Waals surface area contributed by atoms with Gasteiger partial charge in [0.05, 0.1) is 6.16 Å². The normalized spacial score (nSPS) is 28.5. The van der Waals surface area contributed by atoms with Gasteiger partial charge in [-0.3, -0.25) is 14.4 Å². The van der Waals surface area contributed by atoms with Gasteiger partial charge < -0.3 is 24.3 Å². The highest BCUT2D eigenvalue weighted by Crippen LogP contribution is 2.50. The third-order valence-corrected chi connectivity index (χ3v) is 6.14. The van der Waals surface area contributed by atoms with Crippen LogP contribution < -0.4 is 5.32 Å². The van der Waals surface area contributed by atoms with Crippen molar-refractivity contribution in [1.82, 2.24) is 5.32 Å². The first-order valence-electron chi connectivity index (χ1n) is 7.12. The lowest BCUT2D eigenvalue weighted by molar-refractivity contribution is -0.0495. The van der Waals surface area contributed by atoms with Crippen LogP contribution in [0.2, 0.25) is 0 Å². The highest BCUT2D eigenvalue weighted by Gasteiger charge is 2.40. The van der Waals surface area contributed by atoms with Crippen LogP contribution in [0.15, 0.2) is 0 Å². The Balaban J connectivity index is 2.63. The number of hydrogen-bond acceptors (Lipinski definition) is 5. The molecule has 1 heterocycles. The molecule has 0 aromatic heterocycles. The molecule has 1 rings (SSSR count). The van der Waals surface area contributed by atoms with Crippen molar-refractivity contribution in [3.63, 3.8) is 0 Å². The number of ether oxygens (including phenoxy) is 1. The van der Waals surface area contributed by atoms with Crippen molar-refractivity contribution in [2.45, 2.75) is 38.3 Å². The lowest BCUT2D eigenvalue weighted by atomic mass is 9.87. The van der Waals surface area contributed by atoms with Gasteiger partial charge in [-0.15, -0.1) is 0 Å². The van der Waals surface area contributed by atoms with Crippen molar-refractivity contribution < 1.29 is 33.4 Å². The van der Waals surface area contributed by atoms with Crippen LogP contribution in [0.5, 0.6) is 0 Å². The SMILES string of the molecule is CC1CC(CCCS)CNC1OC(CP(=O)(O)O)P(=O)(O)O. The molecule has 0 radical (unpaired) electrons. The second-order valence-electron chi connectivity index (χ2n) is 5.80. The number of thiol groups is 1. The van der Waals surface area contributed by atoms with Gasteiger partial charge in [0.1, 0.15) is 6.23 Å². The summed E-state index contributed by atoms with van der Waals surface area (Å²) in [6.07, 6.45) is 1.21. The van der Waals surface area contributed by atoms with Gasteiger partial charge >= 0.3 is 15.2 Å². The van der Waals surface area contributed by atoms with Gasteiger partial charge in [-0.2, -0.15) is 12.6 Å². The number of nitrogens with one attached hydrogen (secondary N) is 1. The molecule has 11 heteroatoms. The minimum absolute atomic E-state index is 0.00973. The van der Waals surface area contributed by atoms with Crippen molar-refractivity contribution >= 4 is 27.8 Å². The molecule has 0 amide bonds. The van der Waals surface area contributed by atoms with E-state index in [0.717, 1.165) is 25.0 Å². The average Bonchev–Trinajstić information content (AvgIpc) is 2.35. The Bertz CT molecular complexity index is 440. The van der Waals surface area contributed by atoms with Crippen LogP contribution in [-0.2, 0) is 13.9 Å². The molecule has 0 saturated carbocycles. The summed E-state index contributed by atoms with van der Waals surface area (Å²) < 4.78 is 27.7. The summed E-state index contributed by atoms with van der Waals surface area (Å²) >= 11 is 4.17. The molecule has 1 saturated heterocycles. The van der Waals surface area contributed by atoms with Gasteiger partial charge in [0.25, 0.3) is 0 Å². The Labute approximate surface area is 135 Å². The number of hydrogen-bond donors (Lipinski definition) is 6. The molecule has 1 aliphatic heterocycles. The maximum absolute atomic E-state index is 11.4. The van der Waals surface area contributed by atoms with Crippen molar-refractivity contribution in [1.29, 1.82) is 0 Å². The monoisotopic (exact) mass is 377 g/mol. The largest absolute Gasteiger partial charge is 0.354 e. The first kappa shape index (κ1) is 20.6. The lowest BCUT2D eigenvalue weighted by Gasteiger charge is -2.37. The van der Waals surface area contributed by atoms with Gasteiger partial charge in [0.15, 0.2) is 5.85 Å². The van der Waals surface area contributed by atoms with Crippen LogP contribution in [0.25, 0.3) is 0 Å². The summed E-state index contributed by atoms with van der Waals surface area (Å²) in [6.45, 7) is 2.53. The fourth-order valence-corrected chi connectivity index (χ4v) is 5.05. The van der Waals surface area contributed by atoms with E-state index in [-0.39, 0.29) is 5.92 Å². The number of rotatable bonds is 8. The highest BCUT2D eigenvalue weighted by atomic mass is 32.1. The van der Waals surface area contributed by atoms with Crippen LogP contribution in [-0.4, -0.2) is 50.1 Å². The molecule has 0 aromatic rings. The second kappa shape index (κ2) is 8.60. The first-order valence-corrected chi connectivity index (χ1v) is 11.2. The Morgan fingerprint density at radius 3 is 2.41 bits per heavy atom. The van der Waals surface area contributed by atoms with E-state index in [1.807, 2.05) is 6.92 Å². The zero-order valence-electron chi connectivity index (χ0n) is 12.4. The molecule has 5 N–H and O–H groups in total. The van der Waals surface area contributed by atoms with Gasteiger partial charge in [-0.25, -0.2) is 0 Å². The molecule has 4 atom stereocenters. The molecule has 0 spiro atoms. The maximum Gasteiger partial charge on any atom is 0.354 e. The topological polar surface area (TPSA) is 136 Å². The van der Waals surface area contributed by atoms with Crippen molar-refractivity contribution in [3.05, 3.63) is 0 Å². The molecule has 132 valence electrons. The summed E-state index contributed by atoms with van der Waals surface area (Å²) in [4.78, 5) is 36.4. The van der Waals surface area contributed by atoms with Crippen LogP contribution >= 0.6 is 27.8 Å². The van der Waals surface area contributed by atoms with Crippen molar-refractivity contribution in [2.24, 2.45) is 11.8 Å². The second-order valence-corrected chi connectivity index (χ2v) is 9.70. The molecule has 8 nitrogen and oxygen atoms in total. The van der Waals surface area contributed by atoms with Crippen LogP contribution in [0, 0.1) is 11.8 Å². The van der Waals surface area contributed by atoms with E-state index in [1.54, 1.807) is 0 Å². The van der Waals surface area contributed by atoms with E-state index < -0.39 is 33.4 Å². The zero-order valence-corrected chi connectivity index (χ0v) is 15.1. The van der Waals surface area contributed by atoms with Crippen molar-refractivity contribution in [3.8, 4) is 0 Å². The van der Waals surface area contributed by atoms with Crippen molar-refractivity contribution in [2.75, 3.05) is 18.5 Å². The molecule has 4 unspecified atom stereocenters. The summed E-state index contributed by atoms with van der Waals surface area (Å²) in [5.41, 5.74) is 0. The maximum atomic E-state index is 11.4. The Hall–Kier alpha value is 0.570. The minimum Gasteiger partial charge on any atom is -0.347 e. The standard InChI is InChI=1S/C11H25NO7P2S/c1-8-5-9(3-2-4-22)6-12-11(8)19-10(21(16,17)18)7-20(13,14)15/h8-12,22H,2-7H2,1H3,(H2,13,14,15)(H2,16,17,18). The predicted octanol–water partition coefficient (Wildman–Crippen LogP) is 0.966. The van der Waals surface area contributed by atoms with E-state index in [1.165, 1.54) is 0 Å². The Kier molecular flexibility index (Phi) is 8.06. The average molecular weight is 377 g/mol. The van der Waals surface area contributed by atoms with Crippen LogP contribution in [0.1, 0.15) is 26.2 Å². The molecule has 1 aliphatic rings. The molecule has 0 bridgehead atoms. The smallest absolute Gasteiger partial charge is 0.347 e. The van der Waals surface area contributed by atoms with Crippen LogP contribution in [0.4, 0.5) is 0 Å². The number of piperidine rings is 1. The summed E-state index contributed by atoms with van der Waals surface area (Å²) in [6, 6.07) is 0. The molecule has 22 heavy (non-hydrogen) atoms. The van der Waals surface area contributed by atoms with E-state index in [0.29, 0.717) is 12.5 Å². The molecular weight excluding hydrogens is 352 g/mol. The summed E-state index contributed by atoms with van der Waals surface area (Å²) in [7, 11) is -9.35. The van der Waals surface area contributed by atoms with Crippen LogP contribution in [0.3, 0.4) is 0 Å². The minimum atomic E-state index is -4.76. The van der Waals surface area contributed by atoms with Gasteiger partial charge in [-0.1, -0.05) is 6.92 Å². The molecule has 1 fully saturated rings. The van der Waals surface area contributed by atoms with Gasteiger partial charge in [0.2, 0.25) is 0 Å². The summed E-state index contributed by atoms with van der Waals surface area (Å²) in [5, 5.41) is 3.07. The fraction of sp³-hybridized carbons (Fsp3) is 1.00. The van der Waals surface area contributed by atoms with E-state index in [9.17, 15) is 18.9 Å². The van der Waals surface area contributed by atoms with E-state index in [4.69, 9.17) is 14.5 Å². The van der Waals surface area contributed by atoms with Gasteiger partial charge in [-0.05, 0) is 36.9 Å². The molecule has 0 aromatic carbocycles. The third kappa shape index (κ3) is 7.43. The molecule has 0 aliphatic carbocycles. The zero-order chi connectivity index (χ0) is 17.0. The third-order valence-electron chi connectivity index (χ3n) is 3.67. The quantitative estimate of drug-likeness (QED) is 0.272. The van der Waals surface area contributed by atoms with Gasteiger partial charge in [0, 0.05) is 6.54 Å². The first-order chi connectivity index (χ1) is 10.0. The molecular formula is C11H25NO7P2S. The van der Waals surface area contributed by atoms with E-state index in [2.05, 4.69) is 17.9 Å². The Morgan fingerprint density at radius 1 is 1.32 bits per heavy atom. The van der Waals surface area contributed by atoms with E-state index >= 15 is 0 Å². The predicted molar refractivity (Wildman–Crippen MR) is 86.0 cm³/mol. The summed E-state index contributed by atoms with van der Waals surface area (Å²) in [5.74, 6) is -0.558. The Morgan fingerprint density at radius 2 is 1.95 bits per heavy atom. The fourth-order valence-electron chi connectivity index (χ4n) is 2.60. The highest BCUT2D eigenvalue weighted by molar-refractivity contribution is 7.80. The lowest BCUT2D eigenvalue weighted by Crippen LogP contribution is -2.48.